The average Bonchev–Trinajstić information content (AvgIpc) is 2.65. The molecule has 0 radical (unpaired) electrons. The van der Waals surface area contributed by atoms with Crippen molar-refractivity contribution in [3.63, 3.8) is 0 Å². The number of carbonyl (C=O) groups is 4. The summed E-state index contributed by atoms with van der Waals surface area (Å²) in [5.74, 6) is 0.551. The van der Waals surface area contributed by atoms with Gasteiger partial charge in [-0.1, -0.05) is 18.1 Å². The zero-order chi connectivity index (χ0) is 19.1. The molecule has 7 heteroatoms. The highest BCUT2D eigenvalue weighted by atomic mass is 16.5. The summed E-state index contributed by atoms with van der Waals surface area (Å²) in [6.07, 6.45) is 5.38. The topological polar surface area (TPSA) is 92.8 Å². The van der Waals surface area contributed by atoms with Crippen molar-refractivity contribution in [1.82, 2.24) is 10.2 Å². The van der Waals surface area contributed by atoms with Gasteiger partial charge in [-0.15, -0.1) is 6.42 Å². The van der Waals surface area contributed by atoms with Crippen LogP contribution in [0.25, 0.3) is 10.8 Å². The molecule has 4 amide bonds. The molecule has 1 saturated heterocycles. The largest absolute Gasteiger partial charge is 0.481 e. The molecule has 1 fully saturated rings. The van der Waals surface area contributed by atoms with Crippen LogP contribution in [0.15, 0.2) is 30.3 Å². The van der Waals surface area contributed by atoms with Gasteiger partial charge in [0.2, 0.25) is 11.8 Å². The molecule has 0 spiro atoms. The standard InChI is InChI=1S/C20H14N2O5/c1-2-8-27-12-9-11-4-3-5-13-17(11)14(10-12)20(26)22(19(13)25)15-6-7-16(23)21-18(15)24/h1,3-5,9-10,15H,6-8H2,(H,21,23,24). The smallest absolute Gasteiger partial charge is 0.262 e. The predicted octanol–water partition coefficient (Wildman–Crippen LogP) is 1.25. The van der Waals surface area contributed by atoms with Crippen LogP contribution in [0, 0.1) is 12.3 Å². The van der Waals surface area contributed by atoms with Gasteiger partial charge in [0.15, 0.2) is 0 Å². The molecule has 1 unspecified atom stereocenters. The Bertz CT molecular complexity index is 1070. The summed E-state index contributed by atoms with van der Waals surface area (Å²) >= 11 is 0. The van der Waals surface area contributed by atoms with Gasteiger partial charge in [-0.25, -0.2) is 0 Å². The lowest BCUT2D eigenvalue weighted by molar-refractivity contribution is -0.136. The highest BCUT2D eigenvalue weighted by Gasteiger charge is 2.42. The Labute approximate surface area is 154 Å². The molecule has 1 N–H and O–H groups in total. The molecule has 2 aliphatic heterocycles. The van der Waals surface area contributed by atoms with Gasteiger partial charge in [-0.2, -0.15) is 0 Å². The van der Waals surface area contributed by atoms with Crippen molar-refractivity contribution < 1.29 is 23.9 Å². The number of piperidine rings is 1. The van der Waals surface area contributed by atoms with E-state index >= 15 is 0 Å². The van der Waals surface area contributed by atoms with Crippen LogP contribution in [-0.2, 0) is 9.59 Å². The fraction of sp³-hybridized carbons (Fsp3) is 0.200. The summed E-state index contributed by atoms with van der Waals surface area (Å²) in [7, 11) is 0. The van der Waals surface area contributed by atoms with E-state index in [9.17, 15) is 19.2 Å². The molecule has 0 aromatic heterocycles. The second kappa shape index (κ2) is 6.25. The van der Waals surface area contributed by atoms with E-state index in [0.29, 0.717) is 22.1 Å². The SMILES string of the molecule is C#CCOc1cc2c3c(cccc3c1)C(=O)N(C1CCC(=O)NC1=O)C2=O. The van der Waals surface area contributed by atoms with Gasteiger partial charge >= 0.3 is 0 Å². The fourth-order valence-electron chi connectivity index (χ4n) is 3.52. The van der Waals surface area contributed by atoms with Crippen LogP contribution in [0.2, 0.25) is 0 Å². The average molecular weight is 362 g/mol. The first kappa shape index (κ1) is 16.8. The second-order valence-corrected chi connectivity index (χ2v) is 6.31. The molecule has 2 aromatic carbocycles. The van der Waals surface area contributed by atoms with E-state index in [1.165, 1.54) is 6.07 Å². The van der Waals surface area contributed by atoms with E-state index in [0.717, 1.165) is 4.90 Å². The molecule has 4 rings (SSSR count). The fourth-order valence-corrected chi connectivity index (χ4v) is 3.52. The van der Waals surface area contributed by atoms with Gasteiger partial charge < -0.3 is 4.74 Å². The zero-order valence-electron chi connectivity index (χ0n) is 14.2. The van der Waals surface area contributed by atoms with Crippen LogP contribution in [0.5, 0.6) is 5.75 Å². The maximum absolute atomic E-state index is 13.1. The minimum Gasteiger partial charge on any atom is -0.481 e. The van der Waals surface area contributed by atoms with E-state index < -0.39 is 29.7 Å². The monoisotopic (exact) mass is 362 g/mol. The number of nitrogens with one attached hydrogen (secondary N) is 1. The van der Waals surface area contributed by atoms with Crippen molar-refractivity contribution in [1.29, 1.82) is 0 Å². The van der Waals surface area contributed by atoms with E-state index in [1.54, 1.807) is 24.3 Å². The Balaban J connectivity index is 1.84. The molecular formula is C20H14N2O5. The summed E-state index contributed by atoms with van der Waals surface area (Å²) in [6.45, 7) is 0.0363. The molecule has 2 aromatic rings. The third-order valence-corrected chi connectivity index (χ3v) is 4.69. The van der Waals surface area contributed by atoms with Crippen LogP contribution in [0.3, 0.4) is 0 Å². The second-order valence-electron chi connectivity index (χ2n) is 6.31. The lowest BCUT2D eigenvalue weighted by Gasteiger charge is -2.34. The van der Waals surface area contributed by atoms with Crippen molar-refractivity contribution in [3.8, 4) is 18.1 Å². The summed E-state index contributed by atoms with van der Waals surface area (Å²) < 4.78 is 5.45. The Morgan fingerprint density at radius 3 is 2.67 bits per heavy atom. The van der Waals surface area contributed by atoms with Crippen LogP contribution in [0.1, 0.15) is 33.6 Å². The van der Waals surface area contributed by atoms with Gasteiger partial charge in [0.25, 0.3) is 11.8 Å². The molecule has 0 saturated carbocycles. The first-order chi connectivity index (χ1) is 13.0. The van der Waals surface area contributed by atoms with Gasteiger partial charge in [0.1, 0.15) is 18.4 Å². The lowest BCUT2D eigenvalue weighted by Crippen LogP contribution is -2.57. The summed E-state index contributed by atoms with van der Waals surface area (Å²) in [5, 5.41) is 3.37. The first-order valence-electron chi connectivity index (χ1n) is 8.36. The highest BCUT2D eigenvalue weighted by Crippen LogP contribution is 2.35. The Kier molecular flexibility index (Phi) is 3.89. The molecular weight excluding hydrogens is 348 g/mol. The van der Waals surface area contributed by atoms with Crippen LogP contribution >= 0.6 is 0 Å². The van der Waals surface area contributed by atoms with Crippen molar-refractivity contribution in [3.05, 3.63) is 41.5 Å². The molecule has 0 aliphatic carbocycles. The highest BCUT2D eigenvalue weighted by molar-refractivity contribution is 6.27. The number of imide groups is 2. The number of terminal acetylenes is 1. The Hall–Kier alpha value is -3.66. The minimum atomic E-state index is -1.03. The van der Waals surface area contributed by atoms with Gasteiger partial charge in [-0.3, -0.25) is 29.4 Å². The van der Waals surface area contributed by atoms with Crippen LogP contribution < -0.4 is 10.1 Å². The van der Waals surface area contributed by atoms with Crippen LogP contribution in [-0.4, -0.2) is 41.2 Å². The Morgan fingerprint density at radius 1 is 1.15 bits per heavy atom. The van der Waals surface area contributed by atoms with Gasteiger partial charge in [0, 0.05) is 17.4 Å². The number of ether oxygens (including phenoxy) is 1. The molecule has 134 valence electrons. The zero-order valence-corrected chi connectivity index (χ0v) is 14.2. The first-order valence-corrected chi connectivity index (χ1v) is 8.36. The maximum Gasteiger partial charge on any atom is 0.262 e. The van der Waals surface area contributed by atoms with Gasteiger partial charge in [-0.05, 0) is 30.0 Å². The maximum atomic E-state index is 13.1. The number of carbonyl (C=O) groups excluding carboxylic acids is 4. The summed E-state index contributed by atoms with van der Waals surface area (Å²) in [4.78, 5) is 50.7. The molecule has 27 heavy (non-hydrogen) atoms. The third-order valence-electron chi connectivity index (χ3n) is 4.69. The van der Waals surface area contributed by atoms with Crippen molar-refractivity contribution in [2.45, 2.75) is 18.9 Å². The lowest BCUT2D eigenvalue weighted by atomic mass is 9.91. The number of amides is 4. The van der Waals surface area contributed by atoms with Crippen LogP contribution in [0.4, 0.5) is 0 Å². The van der Waals surface area contributed by atoms with E-state index in [1.807, 2.05) is 0 Å². The number of hydrogen-bond donors (Lipinski definition) is 1. The molecule has 2 aliphatic rings. The van der Waals surface area contributed by atoms with E-state index in [2.05, 4.69) is 11.2 Å². The number of benzene rings is 2. The molecule has 2 heterocycles. The van der Waals surface area contributed by atoms with Crippen molar-refractivity contribution >= 4 is 34.4 Å². The Morgan fingerprint density at radius 2 is 1.93 bits per heavy atom. The molecule has 1 atom stereocenters. The predicted molar refractivity (Wildman–Crippen MR) is 94.9 cm³/mol. The van der Waals surface area contributed by atoms with E-state index in [-0.39, 0.29) is 25.0 Å². The van der Waals surface area contributed by atoms with Crippen molar-refractivity contribution in [2.24, 2.45) is 0 Å². The normalized spacial score (nSPS) is 19.1. The minimum absolute atomic E-state index is 0.0363. The molecule has 7 nitrogen and oxygen atoms in total. The van der Waals surface area contributed by atoms with Gasteiger partial charge in [0.05, 0.1) is 5.56 Å². The number of nitrogens with zero attached hydrogens (tertiary/aromatic N) is 1. The third kappa shape index (κ3) is 2.62. The van der Waals surface area contributed by atoms with E-state index in [4.69, 9.17) is 11.2 Å². The summed E-state index contributed by atoms with van der Waals surface area (Å²) in [6, 6.07) is 7.29. The van der Waals surface area contributed by atoms with Crippen molar-refractivity contribution in [2.75, 3.05) is 6.61 Å². The molecule has 0 bridgehead atoms. The number of hydrogen-bond acceptors (Lipinski definition) is 5. The quantitative estimate of drug-likeness (QED) is 0.655. The summed E-state index contributed by atoms with van der Waals surface area (Å²) in [5.41, 5.74) is 0.592. The number of rotatable bonds is 3.